The van der Waals surface area contributed by atoms with Crippen molar-refractivity contribution in [1.82, 2.24) is 9.78 Å². The van der Waals surface area contributed by atoms with E-state index in [1.807, 2.05) is 51.2 Å². The van der Waals surface area contributed by atoms with E-state index < -0.39 is 0 Å². The molecule has 0 aliphatic heterocycles. The van der Waals surface area contributed by atoms with E-state index in [0.29, 0.717) is 33.7 Å². The molecule has 2 aromatic heterocycles. The number of hydrogen-bond acceptors (Lipinski definition) is 5. The van der Waals surface area contributed by atoms with E-state index in [0.717, 1.165) is 17.0 Å². The topological polar surface area (TPSA) is 86.4 Å². The highest BCUT2D eigenvalue weighted by Gasteiger charge is 2.15. The number of benzene rings is 2. The van der Waals surface area contributed by atoms with Crippen LogP contribution in [0.4, 0.5) is 5.69 Å². The minimum atomic E-state index is -0.295. The van der Waals surface area contributed by atoms with Crippen LogP contribution in [0.25, 0.3) is 22.1 Å². The van der Waals surface area contributed by atoms with Gasteiger partial charge in [0, 0.05) is 13.1 Å². The normalized spacial score (nSPS) is 11.0. The summed E-state index contributed by atoms with van der Waals surface area (Å²) in [5, 5.41) is 7.57. The molecule has 0 saturated heterocycles. The fourth-order valence-corrected chi connectivity index (χ4v) is 3.59. The van der Waals surface area contributed by atoms with Crippen LogP contribution in [0.2, 0.25) is 0 Å². The molecule has 7 heteroatoms. The molecule has 158 valence electrons. The second-order valence-electron chi connectivity index (χ2n) is 7.39. The molecule has 4 rings (SSSR count). The summed E-state index contributed by atoms with van der Waals surface area (Å²) in [7, 11) is 1.82. The summed E-state index contributed by atoms with van der Waals surface area (Å²) in [5.74, 6) is 0.676. The van der Waals surface area contributed by atoms with Crippen LogP contribution in [0.15, 0.2) is 57.7 Å². The molecule has 0 aliphatic rings. The molecule has 0 spiro atoms. The maximum Gasteiger partial charge on any atom is 0.262 e. The van der Waals surface area contributed by atoms with Crippen LogP contribution >= 0.6 is 0 Å². The number of nitrogens with zero attached hydrogens (tertiary/aromatic N) is 2. The van der Waals surface area contributed by atoms with Gasteiger partial charge in [-0.05, 0) is 38.5 Å². The number of anilines is 1. The van der Waals surface area contributed by atoms with Crippen molar-refractivity contribution < 1.29 is 13.9 Å². The number of aryl methyl sites for hydroxylation is 3. The van der Waals surface area contributed by atoms with Crippen molar-refractivity contribution in [2.75, 3.05) is 11.9 Å². The highest BCUT2D eigenvalue weighted by molar-refractivity contribution is 5.93. The molecule has 2 heterocycles. The number of carbonyl (C=O) groups excluding carboxylic acids is 1. The molecule has 0 radical (unpaired) electrons. The van der Waals surface area contributed by atoms with Crippen molar-refractivity contribution in [2.24, 2.45) is 7.05 Å². The molecule has 2 aromatic carbocycles. The van der Waals surface area contributed by atoms with Crippen molar-refractivity contribution in [2.45, 2.75) is 20.8 Å². The third-order valence-electron chi connectivity index (χ3n) is 5.25. The number of ether oxygens (including phenoxy) is 1. The number of nitrogens with one attached hydrogen (secondary N) is 1. The number of rotatable bonds is 5. The Balaban J connectivity index is 1.54. The molecule has 0 unspecified atom stereocenters. The van der Waals surface area contributed by atoms with Gasteiger partial charge in [-0.25, -0.2) is 0 Å². The number of fused-ring (bicyclic) bond motifs is 1. The molecule has 0 saturated carbocycles. The number of amides is 1. The van der Waals surface area contributed by atoms with Crippen LogP contribution in [0.1, 0.15) is 17.1 Å². The first-order valence-corrected chi connectivity index (χ1v) is 9.91. The molecular weight excluding hydrogens is 394 g/mol. The molecule has 0 fully saturated rings. The number of aromatic nitrogens is 2. The summed E-state index contributed by atoms with van der Waals surface area (Å²) in [6, 6.07) is 14.4. The van der Waals surface area contributed by atoms with Gasteiger partial charge in [-0.3, -0.25) is 14.3 Å². The zero-order chi connectivity index (χ0) is 22.1. The Labute approximate surface area is 179 Å². The highest BCUT2D eigenvalue weighted by Crippen LogP contribution is 2.26. The summed E-state index contributed by atoms with van der Waals surface area (Å²) in [4.78, 5) is 25.3. The lowest BCUT2D eigenvalue weighted by Gasteiger charge is -2.10. The van der Waals surface area contributed by atoms with Gasteiger partial charge in [-0.2, -0.15) is 5.10 Å². The molecule has 0 aliphatic carbocycles. The van der Waals surface area contributed by atoms with E-state index >= 15 is 0 Å². The molecule has 7 nitrogen and oxygen atoms in total. The Morgan fingerprint density at radius 1 is 1.13 bits per heavy atom. The van der Waals surface area contributed by atoms with Gasteiger partial charge in [-0.1, -0.05) is 30.3 Å². The zero-order valence-electron chi connectivity index (χ0n) is 17.9. The van der Waals surface area contributed by atoms with Gasteiger partial charge in [0.05, 0.1) is 28.0 Å². The van der Waals surface area contributed by atoms with Gasteiger partial charge in [0.25, 0.3) is 5.91 Å². The Morgan fingerprint density at radius 2 is 1.87 bits per heavy atom. The quantitative estimate of drug-likeness (QED) is 0.528. The first-order chi connectivity index (χ1) is 14.8. The van der Waals surface area contributed by atoms with Crippen LogP contribution in [0.3, 0.4) is 0 Å². The molecule has 31 heavy (non-hydrogen) atoms. The molecule has 0 atom stereocenters. The highest BCUT2D eigenvalue weighted by atomic mass is 16.5. The second-order valence-corrected chi connectivity index (χ2v) is 7.39. The molecule has 1 amide bonds. The van der Waals surface area contributed by atoms with E-state index in [-0.39, 0.29) is 17.9 Å². The third kappa shape index (κ3) is 3.94. The van der Waals surface area contributed by atoms with Crippen LogP contribution in [-0.2, 0) is 11.8 Å². The van der Waals surface area contributed by atoms with Gasteiger partial charge in [0.15, 0.2) is 6.61 Å². The summed E-state index contributed by atoms with van der Waals surface area (Å²) >= 11 is 0. The lowest BCUT2D eigenvalue weighted by atomic mass is 10.0. The van der Waals surface area contributed by atoms with E-state index in [4.69, 9.17) is 9.15 Å². The van der Waals surface area contributed by atoms with Crippen molar-refractivity contribution in [1.29, 1.82) is 0 Å². The summed E-state index contributed by atoms with van der Waals surface area (Å²) < 4.78 is 13.3. The predicted molar refractivity (Wildman–Crippen MR) is 119 cm³/mol. The zero-order valence-corrected chi connectivity index (χ0v) is 17.9. The van der Waals surface area contributed by atoms with Crippen molar-refractivity contribution >= 4 is 22.6 Å². The summed E-state index contributed by atoms with van der Waals surface area (Å²) in [5.41, 5.74) is 3.96. The smallest absolute Gasteiger partial charge is 0.262 e. The molecular formula is C24H23N3O4. The third-order valence-corrected chi connectivity index (χ3v) is 5.25. The van der Waals surface area contributed by atoms with Crippen LogP contribution < -0.4 is 15.5 Å². The van der Waals surface area contributed by atoms with E-state index in [1.54, 1.807) is 29.8 Å². The van der Waals surface area contributed by atoms with Crippen molar-refractivity contribution in [3.8, 4) is 16.9 Å². The Bertz CT molecular complexity index is 1340. The lowest BCUT2D eigenvalue weighted by molar-refractivity contribution is -0.118. The Kier molecular flexibility index (Phi) is 5.33. The van der Waals surface area contributed by atoms with Gasteiger partial charge in [0.2, 0.25) is 5.43 Å². The van der Waals surface area contributed by atoms with E-state index in [1.165, 1.54) is 0 Å². The average Bonchev–Trinajstić information content (AvgIpc) is 2.98. The minimum absolute atomic E-state index is 0.100. The lowest BCUT2D eigenvalue weighted by Crippen LogP contribution is -2.21. The number of hydrogen-bond donors (Lipinski definition) is 1. The SMILES string of the molecule is Cc1nn(C)c(C)c1NC(=O)COc1ccc2c(=O)c(-c3ccccc3)c(C)oc2c1. The molecule has 1 N–H and O–H groups in total. The monoisotopic (exact) mass is 417 g/mol. The number of carbonyl (C=O) groups is 1. The van der Waals surface area contributed by atoms with Gasteiger partial charge in [-0.15, -0.1) is 0 Å². The Hall–Kier alpha value is -3.87. The van der Waals surface area contributed by atoms with Gasteiger partial charge >= 0.3 is 0 Å². The molecule has 4 aromatic rings. The van der Waals surface area contributed by atoms with Crippen molar-refractivity contribution in [3.63, 3.8) is 0 Å². The first-order valence-electron chi connectivity index (χ1n) is 9.91. The maximum absolute atomic E-state index is 13.0. The summed E-state index contributed by atoms with van der Waals surface area (Å²) in [6.45, 7) is 5.31. The first kappa shape index (κ1) is 20.4. The fraction of sp³-hybridized carbons (Fsp3) is 0.208. The predicted octanol–water partition coefficient (Wildman–Crippen LogP) is 4.14. The van der Waals surface area contributed by atoms with E-state index in [2.05, 4.69) is 10.4 Å². The standard InChI is InChI=1S/C24H23N3O4/c1-14-23(15(2)27(4)26-14)25-21(28)13-30-18-10-11-19-20(12-18)31-16(3)22(24(19)29)17-8-6-5-7-9-17/h5-12H,13H2,1-4H3,(H,25,28). The van der Waals surface area contributed by atoms with Crippen LogP contribution in [-0.4, -0.2) is 22.3 Å². The van der Waals surface area contributed by atoms with Crippen LogP contribution in [0.5, 0.6) is 5.75 Å². The molecule has 0 bridgehead atoms. The van der Waals surface area contributed by atoms with Crippen LogP contribution in [0, 0.1) is 20.8 Å². The van der Waals surface area contributed by atoms with Crippen molar-refractivity contribution in [3.05, 3.63) is 75.9 Å². The van der Waals surface area contributed by atoms with Gasteiger partial charge < -0.3 is 14.5 Å². The van der Waals surface area contributed by atoms with E-state index in [9.17, 15) is 9.59 Å². The average molecular weight is 417 g/mol. The Morgan fingerprint density at radius 3 is 2.55 bits per heavy atom. The summed E-state index contributed by atoms with van der Waals surface area (Å²) in [6.07, 6.45) is 0. The largest absolute Gasteiger partial charge is 0.484 e. The maximum atomic E-state index is 13.0. The van der Waals surface area contributed by atoms with Gasteiger partial charge in [0.1, 0.15) is 17.1 Å². The second kappa shape index (κ2) is 8.10. The minimum Gasteiger partial charge on any atom is -0.484 e. The fourth-order valence-electron chi connectivity index (χ4n) is 3.59.